The third-order valence-electron chi connectivity index (χ3n) is 2.65. The fourth-order valence-corrected chi connectivity index (χ4v) is 1.80. The number of nitrogens with zero attached hydrogens (tertiary/aromatic N) is 1. The van der Waals surface area contributed by atoms with Crippen LogP contribution in [0.2, 0.25) is 0 Å². The van der Waals surface area contributed by atoms with Gasteiger partial charge in [-0.3, -0.25) is 4.79 Å². The molecule has 1 fully saturated rings. The molecule has 1 saturated carbocycles. The molecular weight excluding hydrogens is 176 g/mol. The number of carbonyl (C=O) groups excluding carboxylic acids is 1. The molecule has 0 saturated heterocycles. The molecule has 0 spiro atoms. The van der Waals surface area contributed by atoms with E-state index in [-0.39, 0.29) is 11.9 Å². The molecule has 1 aliphatic rings. The van der Waals surface area contributed by atoms with E-state index < -0.39 is 0 Å². The Morgan fingerprint density at radius 2 is 2.07 bits per heavy atom. The van der Waals surface area contributed by atoms with E-state index in [1.165, 1.54) is 0 Å². The summed E-state index contributed by atoms with van der Waals surface area (Å²) < 4.78 is 0. The maximum atomic E-state index is 11.9. The van der Waals surface area contributed by atoms with Gasteiger partial charge in [-0.05, 0) is 32.1 Å². The van der Waals surface area contributed by atoms with Crippen LogP contribution in [0.4, 0.5) is 0 Å². The van der Waals surface area contributed by atoms with E-state index in [1.807, 2.05) is 11.8 Å². The van der Waals surface area contributed by atoms with E-state index in [9.17, 15) is 4.79 Å². The molecule has 0 aliphatic heterocycles. The first-order chi connectivity index (χ1) is 6.56. The van der Waals surface area contributed by atoms with Crippen molar-refractivity contribution in [2.45, 2.75) is 52.1 Å². The molecular formula is C11H22N2O. The summed E-state index contributed by atoms with van der Waals surface area (Å²) in [5.41, 5.74) is 5.87. The predicted octanol–water partition coefficient (Wildman–Crippen LogP) is 1.37. The summed E-state index contributed by atoms with van der Waals surface area (Å²) >= 11 is 0. The summed E-state index contributed by atoms with van der Waals surface area (Å²) in [5.74, 6) is 0.635. The van der Waals surface area contributed by atoms with Gasteiger partial charge in [-0.25, -0.2) is 0 Å². The number of rotatable bonds is 5. The van der Waals surface area contributed by atoms with Gasteiger partial charge in [-0.15, -0.1) is 0 Å². The van der Waals surface area contributed by atoms with Crippen molar-refractivity contribution >= 4 is 5.91 Å². The zero-order chi connectivity index (χ0) is 10.7. The summed E-state index contributed by atoms with van der Waals surface area (Å²) in [6, 6.07) is 0.196. The summed E-state index contributed by atoms with van der Waals surface area (Å²) in [6.07, 6.45) is 3.12. The molecule has 14 heavy (non-hydrogen) atoms. The van der Waals surface area contributed by atoms with E-state index in [0.29, 0.717) is 12.0 Å². The molecule has 82 valence electrons. The highest BCUT2D eigenvalue weighted by Crippen LogP contribution is 2.27. The van der Waals surface area contributed by atoms with Gasteiger partial charge >= 0.3 is 0 Å². The highest BCUT2D eigenvalue weighted by atomic mass is 16.2. The molecule has 3 nitrogen and oxygen atoms in total. The molecule has 1 aliphatic carbocycles. The molecule has 0 bridgehead atoms. The van der Waals surface area contributed by atoms with Crippen molar-refractivity contribution in [2.24, 2.45) is 11.7 Å². The Morgan fingerprint density at radius 3 is 2.43 bits per heavy atom. The summed E-state index contributed by atoms with van der Waals surface area (Å²) in [7, 11) is 0. The van der Waals surface area contributed by atoms with Crippen LogP contribution in [0.15, 0.2) is 0 Å². The lowest BCUT2D eigenvalue weighted by atomic mass is 10.0. The number of hydrogen-bond acceptors (Lipinski definition) is 2. The first-order valence-corrected chi connectivity index (χ1v) is 5.62. The highest BCUT2D eigenvalue weighted by Gasteiger charge is 2.33. The molecule has 0 radical (unpaired) electrons. The largest absolute Gasteiger partial charge is 0.339 e. The van der Waals surface area contributed by atoms with Gasteiger partial charge in [-0.1, -0.05) is 13.8 Å². The van der Waals surface area contributed by atoms with Gasteiger partial charge in [0.25, 0.3) is 0 Å². The molecule has 1 atom stereocenters. The van der Waals surface area contributed by atoms with Crippen molar-refractivity contribution in [1.29, 1.82) is 0 Å². The molecule has 1 rings (SSSR count). The van der Waals surface area contributed by atoms with Gasteiger partial charge in [0, 0.05) is 12.6 Å². The maximum absolute atomic E-state index is 11.9. The van der Waals surface area contributed by atoms with Gasteiger partial charge in [-0.2, -0.15) is 0 Å². The second kappa shape index (κ2) is 4.78. The topological polar surface area (TPSA) is 46.3 Å². The third-order valence-corrected chi connectivity index (χ3v) is 2.65. The molecule has 0 aromatic rings. The van der Waals surface area contributed by atoms with Crippen molar-refractivity contribution in [2.75, 3.05) is 6.54 Å². The number of likely N-dealkylation sites (N-methyl/N-ethyl adjacent to an activating group) is 1. The number of nitrogens with two attached hydrogens (primary N) is 1. The Hall–Kier alpha value is -0.570. The molecule has 3 heteroatoms. The van der Waals surface area contributed by atoms with Crippen LogP contribution >= 0.6 is 0 Å². The minimum absolute atomic E-state index is 0.142. The second-order valence-electron chi connectivity index (χ2n) is 4.59. The van der Waals surface area contributed by atoms with Gasteiger partial charge in [0.15, 0.2) is 0 Å². The Morgan fingerprint density at radius 1 is 1.50 bits per heavy atom. The molecule has 0 aromatic heterocycles. The zero-order valence-electron chi connectivity index (χ0n) is 9.49. The van der Waals surface area contributed by atoms with Crippen LogP contribution in [0.3, 0.4) is 0 Å². The van der Waals surface area contributed by atoms with Crippen LogP contribution in [0.1, 0.15) is 40.0 Å². The average molecular weight is 198 g/mol. The van der Waals surface area contributed by atoms with Gasteiger partial charge < -0.3 is 10.6 Å². The SMILES string of the molecule is CCN(C(=O)[C@@H](N)CC(C)C)C1CC1. The smallest absolute Gasteiger partial charge is 0.239 e. The van der Waals surface area contributed by atoms with E-state index in [4.69, 9.17) is 5.73 Å². The van der Waals surface area contributed by atoms with Crippen molar-refractivity contribution < 1.29 is 4.79 Å². The van der Waals surface area contributed by atoms with E-state index in [1.54, 1.807) is 0 Å². The Kier molecular flexibility index (Phi) is 3.93. The Balaban J connectivity index is 2.44. The lowest BCUT2D eigenvalue weighted by molar-refractivity contribution is -0.133. The molecule has 0 heterocycles. The van der Waals surface area contributed by atoms with Gasteiger partial charge in [0.2, 0.25) is 5.91 Å². The first-order valence-electron chi connectivity index (χ1n) is 5.62. The number of hydrogen-bond donors (Lipinski definition) is 1. The number of carbonyl (C=O) groups is 1. The summed E-state index contributed by atoms with van der Waals surface area (Å²) in [5, 5.41) is 0. The highest BCUT2D eigenvalue weighted by molar-refractivity contribution is 5.82. The molecule has 1 amide bonds. The van der Waals surface area contributed by atoms with E-state index in [2.05, 4.69) is 13.8 Å². The van der Waals surface area contributed by atoms with Crippen LogP contribution in [-0.4, -0.2) is 29.4 Å². The maximum Gasteiger partial charge on any atom is 0.239 e. The van der Waals surface area contributed by atoms with Crippen molar-refractivity contribution in [3.05, 3.63) is 0 Å². The monoisotopic (exact) mass is 198 g/mol. The Bertz CT molecular complexity index is 199. The minimum atomic E-state index is -0.296. The lowest BCUT2D eigenvalue weighted by Crippen LogP contribution is -2.45. The van der Waals surface area contributed by atoms with Crippen LogP contribution in [0.5, 0.6) is 0 Å². The Labute approximate surface area is 86.6 Å². The molecule has 0 aromatic carbocycles. The van der Waals surface area contributed by atoms with E-state index in [0.717, 1.165) is 25.8 Å². The van der Waals surface area contributed by atoms with E-state index >= 15 is 0 Å². The molecule has 2 N–H and O–H groups in total. The van der Waals surface area contributed by atoms with Crippen molar-refractivity contribution in [1.82, 2.24) is 4.90 Å². The summed E-state index contributed by atoms with van der Waals surface area (Å²) in [4.78, 5) is 13.8. The fraction of sp³-hybridized carbons (Fsp3) is 0.909. The van der Waals surface area contributed by atoms with Crippen LogP contribution in [0.25, 0.3) is 0 Å². The lowest BCUT2D eigenvalue weighted by Gasteiger charge is -2.24. The van der Waals surface area contributed by atoms with Crippen molar-refractivity contribution in [3.8, 4) is 0 Å². The molecule has 0 unspecified atom stereocenters. The average Bonchev–Trinajstić information content (AvgIpc) is 2.88. The minimum Gasteiger partial charge on any atom is -0.339 e. The third kappa shape index (κ3) is 2.98. The van der Waals surface area contributed by atoms with Crippen molar-refractivity contribution in [3.63, 3.8) is 0 Å². The zero-order valence-corrected chi connectivity index (χ0v) is 9.49. The predicted molar refractivity (Wildman–Crippen MR) is 57.8 cm³/mol. The summed E-state index contributed by atoms with van der Waals surface area (Å²) in [6.45, 7) is 7.02. The first kappa shape index (κ1) is 11.5. The van der Waals surface area contributed by atoms with Crippen LogP contribution < -0.4 is 5.73 Å². The van der Waals surface area contributed by atoms with Gasteiger partial charge in [0.1, 0.15) is 0 Å². The second-order valence-corrected chi connectivity index (χ2v) is 4.59. The van der Waals surface area contributed by atoms with Crippen LogP contribution in [0, 0.1) is 5.92 Å². The standard InChI is InChI=1S/C11H22N2O/c1-4-13(9-5-6-9)11(14)10(12)7-8(2)3/h8-10H,4-7,12H2,1-3H3/t10-/m0/s1. The normalized spacial score (nSPS) is 18.4. The van der Waals surface area contributed by atoms with Gasteiger partial charge in [0.05, 0.1) is 6.04 Å². The van der Waals surface area contributed by atoms with Crippen LogP contribution in [-0.2, 0) is 4.79 Å². The quantitative estimate of drug-likeness (QED) is 0.725. The fourth-order valence-electron chi connectivity index (χ4n) is 1.80. The number of amides is 1.